The Morgan fingerprint density at radius 1 is 1.22 bits per heavy atom. The molecule has 4 rings (SSSR count). The molecule has 3 fully saturated rings. The molecule has 1 aromatic rings. The summed E-state index contributed by atoms with van der Waals surface area (Å²) in [5, 5.41) is 3.59. The molecule has 6 nitrogen and oxygen atoms in total. The third-order valence-electron chi connectivity index (χ3n) is 5.88. The van der Waals surface area contributed by atoms with Crippen LogP contribution in [0.1, 0.15) is 31.4 Å². The molecule has 0 spiro atoms. The van der Waals surface area contributed by atoms with Gasteiger partial charge in [0.05, 0.1) is 12.9 Å². The summed E-state index contributed by atoms with van der Waals surface area (Å²) in [5.41, 5.74) is 0. The molecule has 0 aliphatic carbocycles. The quantitative estimate of drug-likeness (QED) is 0.379. The van der Waals surface area contributed by atoms with Crippen molar-refractivity contribution in [3.05, 3.63) is 24.2 Å². The predicted molar refractivity (Wildman–Crippen MR) is 118 cm³/mol. The molecule has 3 aliphatic heterocycles. The molecule has 4 heterocycles. The first-order valence-electron chi connectivity index (χ1n) is 10.3. The fourth-order valence-electron chi connectivity index (χ4n) is 4.30. The van der Waals surface area contributed by atoms with Crippen LogP contribution in [0, 0.1) is 5.92 Å². The Kier molecular flexibility index (Phi) is 8.26. The van der Waals surface area contributed by atoms with Crippen LogP contribution in [0.4, 0.5) is 0 Å². The zero-order valence-electron chi connectivity index (χ0n) is 16.1. The highest BCUT2D eigenvalue weighted by molar-refractivity contribution is 14.0. The minimum atomic E-state index is 0. The zero-order chi connectivity index (χ0) is 17.6. The van der Waals surface area contributed by atoms with E-state index in [1.807, 2.05) is 12.1 Å². The highest BCUT2D eigenvalue weighted by Gasteiger charge is 2.31. The number of hydrogen-bond acceptors (Lipinski definition) is 4. The van der Waals surface area contributed by atoms with Crippen molar-refractivity contribution in [2.75, 3.05) is 52.5 Å². The summed E-state index contributed by atoms with van der Waals surface area (Å²) in [6.45, 7) is 8.24. The molecular weight excluding hydrogens is 455 g/mol. The Balaban J connectivity index is 0.00000210. The number of furan rings is 1. The molecule has 152 valence electrons. The summed E-state index contributed by atoms with van der Waals surface area (Å²) in [6.07, 6.45) is 7.75. The molecule has 0 saturated carbocycles. The number of nitrogens with one attached hydrogen (secondary N) is 1. The number of nitrogens with zero attached hydrogens (tertiary/aromatic N) is 3. The Hall–Kier alpha value is -0.800. The summed E-state index contributed by atoms with van der Waals surface area (Å²) in [6, 6.07) is 4.68. The van der Waals surface area contributed by atoms with E-state index in [0.29, 0.717) is 12.0 Å². The number of hydrogen-bond donors (Lipinski definition) is 1. The molecule has 7 heteroatoms. The van der Waals surface area contributed by atoms with E-state index in [2.05, 4.69) is 15.1 Å². The first-order valence-corrected chi connectivity index (χ1v) is 10.3. The molecule has 0 radical (unpaired) electrons. The standard InChI is InChI=1S/C20H32N4O2.HI/c1-2-10-23(9-1)18-6-11-24(15-18)20(22-14-17-7-13-25-16-17)21-8-5-19-4-3-12-26-19;/h3-4,12,17-18H,1-2,5-11,13-16H2,(H,21,22);1H. The van der Waals surface area contributed by atoms with Crippen LogP contribution in [0.3, 0.4) is 0 Å². The second-order valence-corrected chi connectivity index (χ2v) is 7.78. The zero-order valence-corrected chi connectivity index (χ0v) is 18.5. The van der Waals surface area contributed by atoms with Gasteiger partial charge in [0.15, 0.2) is 5.96 Å². The predicted octanol–water partition coefficient (Wildman–Crippen LogP) is 2.59. The molecule has 3 saturated heterocycles. The van der Waals surface area contributed by atoms with Gasteiger partial charge in [-0.1, -0.05) is 0 Å². The average Bonchev–Trinajstić information content (AvgIpc) is 3.45. The van der Waals surface area contributed by atoms with Gasteiger partial charge in [-0.25, -0.2) is 0 Å². The van der Waals surface area contributed by atoms with E-state index in [0.717, 1.165) is 64.0 Å². The van der Waals surface area contributed by atoms with Gasteiger partial charge in [-0.2, -0.15) is 0 Å². The molecule has 3 aliphatic rings. The van der Waals surface area contributed by atoms with Crippen LogP contribution in [0.2, 0.25) is 0 Å². The normalized spacial score (nSPS) is 26.5. The molecule has 2 unspecified atom stereocenters. The molecule has 1 N–H and O–H groups in total. The molecule has 0 bridgehead atoms. The van der Waals surface area contributed by atoms with E-state index in [1.165, 1.54) is 32.4 Å². The smallest absolute Gasteiger partial charge is 0.194 e. The number of halogens is 1. The van der Waals surface area contributed by atoms with Gasteiger partial charge in [0.2, 0.25) is 0 Å². The van der Waals surface area contributed by atoms with Gasteiger partial charge in [0.25, 0.3) is 0 Å². The summed E-state index contributed by atoms with van der Waals surface area (Å²) < 4.78 is 11.0. The van der Waals surface area contributed by atoms with Gasteiger partial charge in [0.1, 0.15) is 5.76 Å². The molecule has 0 amide bonds. The first-order chi connectivity index (χ1) is 12.9. The lowest BCUT2D eigenvalue weighted by atomic mass is 10.1. The highest BCUT2D eigenvalue weighted by atomic mass is 127. The average molecular weight is 488 g/mol. The lowest BCUT2D eigenvalue weighted by molar-refractivity contribution is 0.187. The maximum absolute atomic E-state index is 5.51. The van der Waals surface area contributed by atoms with Gasteiger partial charge >= 0.3 is 0 Å². The van der Waals surface area contributed by atoms with Crippen molar-refractivity contribution in [3.63, 3.8) is 0 Å². The lowest BCUT2D eigenvalue weighted by Gasteiger charge is -2.26. The van der Waals surface area contributed by atoms with Crippen LogP contribution in [-0.2, 0) is 11.2 Å². The Bertz CT molecular complexity index is 569. The van der Waals surface area contributed by atoms with Gasteiger partial charge in [-0.05, 0) is 50.9 Å². The van der Waals surface area contributed by atoms with Crippen molar-refractivity contribution in [2.24, 2.45) is 10.9 Å². The van der Waals surface area contributed by atoms with E-state index in [1.54, 1.807) is 6.26 Å². The number of guanidine groups is 1. The number of aliphatic imine (C=N–C) groups is 1. The molecule has 27 heavy (non-hydrogen) atoms. The number of rotatable bonds is 6. The second kappa shape index (κ2) is 10.7. The minimum absolute atomic E-state index is 0. The maximum Gasteiger partial charge on any atom is 0.194 e. The monoisotopic (exact) mass is 488 g/mol. The van der Waals surface area contributed by atoms with Gasteiger partial charge in [0, 0.05) is 51.2 Å². The van der Waals surface area contributed by atoms with Crippen LogP contribution < -0.4 is 5.32 Å². The van der Waals surface area contributed by atoms with Crippen molar-refractivity contribution in [1.82, 2.24) is 15.1 Å². The van der Waals surface area contributed by atoms with Crippen molar-refractivity contribution in [2.45, 2.75) is 38.1 Å². The SMILES string of the molecule is I.c1coc(CCNC(=NCC2CCOC2)N2CCC(N3CCCC3)C2)c1. The lowest BCUT2D eigenvalue weighted by Crippen LogP contribution is -2.43. The van der Waals surface area contributed by atoms with Crippen LogP contribution in [0.25, 0.3) is 0 Å². The third kappa shape index (κ3) is 5.84. The van der Waals surface area contributed by atoms with Crippen molar-refractivity contribution in [1.29, 1.82) is 0 Å². The van der Waals surface area contributed by atoms with Crippen LogP contribution in [0.5, 0.6) is 0 Å². The van der Waals surface area contributed by atoms with Crippen LogP contribution >= 0.6 is 24.0 Å². The van der Waals surface area contributed by atoms with Gasteiger partial charge in [-0.15, -0.1) is 24.0 Å². The third-order valence-corrected chi connectivity index (χ3v) is 5.88. The van der Waals surface area contributed by atoms with E-state index in [9.17, 15) is 0 Å². The van der Waals surface area contributed by atoms with Crippen molar-refractivity contribution in [3.8, 4) is 0 Å². The summed E-state index contributed by atoms with van der Waals surface area (Å²) in [7, 11) is 0. The Labute approximate surface area is 179 Å². The summed E-state index contributed by atoms with van der Waals surface area (Å²) in [4.78, 5) is 10.1. The van der Waals surface area contributed by atoms with Crippen molar-refractivity contribution >= 4 is 29.9 Å². The largest absolute Gasteiger partial charge is 0.469 e. The summed E-state index contributed by atoms with van der Waals surface area (Å²) in [5.74, 6) is 2.68. The fraction of sp³-hybridized carbons (Fsp3) is 0.750. The fourth-order valence-corrected chi connectivity index (χ4v) is 4.30. The van der Waals surface area contributed by atoms with E-state index >= 15 is 0 Å². The molecular formula is C20H33IN4O2. The minimum Gasteiger partial charge on any atom is -0.469 e. The van der Waals surface area contributed by atoms with Gasteiger partial charge in [-0.3, -0.25) is 9.89 Å². The molecule has 2 atom stereocenters. The van der Waals surface area contributed by atoms with E-state index in [-0.39, 0.29) is 24.0 Å². The Morgan fingerprint density at radius 2 is 2.11 bits per heavy atom. The molecule has 1 aromatic heterocycles. The van der Waals surface area contributed by atoms with Crippen molar-refractivity contribution < 1.29 is 9.15 Å². The number of ether oxygens (including phenoxy) is 1. The maximum atomic E-state index is 5.51. The van der Waals surface area contributed by atoms with Crippen LogP contribution in [0.15, 0.2) is 27.8 Å². The van der Waals surface area contributed by atoms with Crippen LogP contribution in [-0.4, -0.2) is 74.3 Å². The summed E-state index contributed by atoms with van der Waals surface area (Å²) >= 11 is 0. The van der Waals surface area contributed by atoms with E-state index < -0.39 is 0 Å². The Morgan fingerprint density at radius 3 is 2.85 bits per heavy atom. The number of likely N-dealkylation sites (tertiary alicyclic amines) is 2. The topological polar surface area (TPSA) is 53.2 Å². The molecule has 0 aromatic carbocycles. The second-order valence-electron chi connectivity index (χ2n) is 7.78. The highest BCUT2D eigenvalue weighted by Crippen LogP contribution is 2.21. The first kappa shape index (κ1) is 20.9. The van der Waals surface area contributed by atoms with Gasteiger partial charge < -0.3 is 19.4 Å². The van der Waals surface area contributed by atoms with E-state index in [4.69, 9.17) is 14.1 Å².